The predicted octanol–water partition coefficient (Wildman–Crippen LogP) is 4.90. The zero-order valence-electron chi connectivity index (χ0n) is 10.2. The maximum atomic E-state index is 5.61. The molecule has 5 heteroatoms. The van der Waals surface area contributed by atoms with Crippen molar-refractivity contribution in [1.82, 2.24) is 0 Å². The summed E-state index contributed by atoms with van der Waals surface area (Å²) in [6, 6.07) is 11.9. The third-order valence-corrected chi connectivity index (χ3v) is 4.47. The number of anilines is 2. The zero-order chi connectivity index (χ0) is 14.0. The summed E-state index contributed by atoms with van der Waals surface area (Å²) in [4.78, 5) is 0.395. The molecule has 0 aromatic heterocycles. The fraction of sp³-hybridized carbons (Fsp3) is 0.0714. The van der Waals surface area contributed by atoms with E-state index in [4.69, 9.17) is 18.0 Å². The number of benzene rings is 2. The Balaban J connectivity index is 2.28. The lowest BCUT2D eigenvalue weighted by Gasteiger charge is -2.11. The fourth-order valence-electron chi connectivity index (χ4n) is 1.65. The molecule has 19 heavy (non-hydrogen) atoms. The summed E-state index contributed by atoms with van der Waals surface area (Å²) in [6.07, 6.45) is 0. The van der Waals surface area contributed by atoms with E-state index in [-0.39, 0.29) is 0 Å². The molecule has 0 saturated heterocycles. The van der Waals surface area contributed by atoms with Crippen molar-refractivity contribution in [2.75, 3.05) is 5.32 Å². The van der Waals surface area contributed by atoms with Gasteiger partial charge in [0.2, 0.25) is 0 Å². The first-order valence-electron chi connectivity index (χ1n) is 5.60. The van der Waals surface area contributed by atoms with Crippen molar-refractivity contribution in [3.63, 3.8) is 0 Å². The molecule has 0 saturated carbocycles. The maximum Gasteiger partial charge on any atom is 0.104 e. The van der Waals surface area contributed by atoms with E-state index in [0.29, 0.717) is 4.99 Å². The molecule has 0 heterocycles. The van der Waals surface area contributed by atoms with Crippen LogP contribution >= 0.6 is 44.1 Å². The van der Waals surface area contributed by atoms with Crippen LogP contribution in [0.25, 0.3) is 0 Å². The second kappa shape index (κ2) is 6.03. The predicted molar refractivity (Wildman–Crippen MR) is 92.2 cm³/mol. The van der Waals surface area contributed by atoms with E-state index in [1.165, 1.54) is 5.56 Å². The van der Waals surface area contributed by atoms with Gasteiger partial charge in [0.05, 0.1) is 5.69 Å². The summed E-state index contributed by atoms with van der Waals surface area (Å²) in [5, 5.41) is 3.35. The van der Waals surface area contributed by atoms with Crippen LogP contribution in [0.15, 0.2) is 45.3 Å². The van der Waals surface area contributed by atoms with Crippen LogP contribution in [-0.4, -0.2) is 4.99 Å². The van der Waals surface area contributed by atoms with Crippen LogP contribution in [-0.2, 0) is 0 Å². The van der Waals surface area contributed by atoms with Gasteiger partial charge in [0, 0.05) is 20.2 Å². The second-order valence-corrected chi connectivity index (χ2v) is 6.30. The van der Waals surface area contributed by atoms with E-state index >= 15 is 0 Å². The highest BCUT2D eigenvalue weighted by molar-refractivity contribution is 9.10. The molecule has 0 aliphatic carbocycles. The van der Waals surface area contributed by atoms with Crippen LogP contribution < -0.4 is 11.1 Å². The monoisotopic (exact) mass is 398 g/mol. The molecule has 2 aromatic carbocycles. The molecule has 2 rings (SSSR count). The smallest absolute Gasteiger partial charge is 0.104 e. The van der Waals surface area contributed by atoms with Crippen LogP contribution in [0, 0.1) is 6.92 Å². The van der Waals surface area contributed by atoms with Crippen molar-refractivity contribution in [3.05, 3.63) is 56.5 Å². The average Bonchev–Trinajstić information content (AvgIpc) is 2.36. The summed E-state index contributed by atoms with van der Waals surface area (Å²) in [5.41, 5.74) is 9.64. The highest BCUT2D eigenvalue weighted by Gasteiger charge is 2.04. The number of halogens is 2. The lowest BCUT2D eigenvalue weighted by Crippen LogP contribution is -2.09. The molecule has 0 fully saturated rings. The van der Waals surface area contributed by atoms with Crippen LogP contribution in [0.5, 0.6) is 0 Å². The minimum atomic E-state index is 0.395. The second-order valence-electron chi connectivity index (χ2n) is 4.15. The Morgan fingerprint density at radius 2 is 1.84 bits per heavy atom. The quantitative estimate of drug-likeness (QED) is 0.721. The Labute approximate surface area is 134 Å². The first-order chi connectivity index (χ1) is 8.97. The van der Waals surface area contributed by atoms with Crippen molar-refractivity contribution >= 4 is 60.4 Å². The Bertz CT molecular complexity index is 641. The van der Waals surface area contributed by atoms with Crippen molar-refractivity contribution in [2.24, 2.45) is 5.73 Å². The normalized spacial score (nSPS) is 10.3. The minimum absolute atomic E-state index is 0.395. The van der Waals surface area contributed by atoms with Gasteiger partial charge in [-0.25, -0.2) is 0 Å². The minimum Gasteiger partial charge on any atom is -0.389 e. The van der Waals surface area contributed by atoms with E-state index in [0.717, 1.165) is 25.9 Å². The summed E-state index contributed by atoms with van der Waals surface area (Å²) in [7, 11) is 0. The number of hydrogen-bond donors (Lipinski definition) is 2. The van der Waals surface area contributed by atoms with Gasteiger partial charge in [-0.15, -0.1) is 0 Å². The van der Waals surface area contributed by atoms with E-state index < -0.39 is 0 Å². The lowest BCUT2D eigenvalue weighted by atomic mass is 10.2. The average molecular weight is 400 g/mol. The number of rotatable bonds is 3. The number of aryl methyl sites for hydroxylation is 1. The molecule has 2 aromatic rings. The summed E-state index contributed by atoms with van der Waals surface area (Å²) < 4.78 is 2.03. The first-order valence-corrected chi connectivity index (χ1v) is 7.59. The van der Waals surface area contributed by atoms with Crippen molar-refractivity contribution in [1.29, 1.82) is 0 Å². The van der Waals surface area contributed by atoms with Crippen molar-refractivity contribution in [2.45, 2.75) is 6.92 Å². The number of hydrogen-bond acceptors (Lipinski definition) is 2. The molecule has 2 nitrogen and oxygen atoms in total. The van der Waals surface area contributed by atoms with Crippen LogP contribution in [0.2, 0.25) is 0 Å². The van der Waals surface area contributed by atoms with Crippen LogP contribution in [0.4, 0.5) is 11.4 Å². The Morgan fingerprint density at radius 1 is 1.11 bits per heavy atom. The first kappa shape index (κ1) is 14.5. The highest BCUT2D eigenvalue weighted by atomic mass is 79.9. The fourth-order valence-corrected chi connectivity index (χ4v) is 2.50. The molecule has 0 aliphatic rings. The molecule has 0 amide bonds. The lowest BCUT2D eigenvalue weighted by molar-refractivity contribution is 1.41. The summed E-state index contributed by atoms with van der Waals surface area (Å²) >= 11 is 12.0. The van der Waals surface area contributed by atoms with Gasteiger partial charge in [0.25, 0.3) is 0 Å². The number of nitrogens with one attached hydrogen (secondary N) is 1. The van der Waals surface area contributed by atoms with Gasteiger partial charge in [0.15, 0.2) is 0 Å². The van der Waals surface area contributed by atoms with Crippen LogP contribution in [0.1, 0.15) is 11.1 Å². The van der Waals surface area contributed by atoms with E-state index in [1.807, 2.05) is 30.3 Å². The summed E-state index contributed by atoms with van der Waals surface area (Å²) in [6.45, 7) is 2.06. The molecule has 0 radical (unpaired) electrons. The van der Waals surface area contributed by atoms with Gasteiger partial charge in [0.1, 0.15) is 4.99 Å². The molecule has 0 aliphatic heterocycles. The van der Waals surface area contributed by atoms with Gasteiger partial charge < -0.3 is 11.1 Å². The molecule has 3 N–H and O–H groups in total. The van der Waals surface area contributed by atoms with Gasteiger partial charge in [-0.3, -0.25) is 0 Å². The largest absolute Gasteiger partial charge is 0.389 e. The molecule has 0 spiro atoms. The van der Waals surface area contributed by atoms with E-state index in [9.17, 15) is 0 Å². The molecule has 98 valence electrons. The van der Waals surface area contributed by atoms with E-state index in [2.05, 4.69) is 50.2 Å². The van der Waals surface area contributed by atoms with Gasteiger partial charge in [-0.1, -0.05) is 28.1 Å². The molecular formula is C14H12Br2N2S. The van der Waals surface area contributed by atoms with Crippen molar-refractivity contribution < 1.29 is 0 Å². The molecular weight excluding hydrogens is 388 g/mol. The number of nitrogens with two attached hydrogens (primary N) is 1. The Kier molecular flexibility index (Phi) is 4.60. The SMILES string of the molecule is Cc1cc(Nc2ccc(C(N)=S)cc2Br)ccc1Br. The van der Waals surface area contributed by atoms with E-state index in [1.54, 1.807) is 0 Å². The van der Waals surface area contributed by atoms with Gasteiger partial charge in [-0.2, -0.15) is 0 Å². The van der Waals surface area contributed by atoms with Crippen molar-refractivity contribution in [3.8, 4) is 0 Å². The highest BCUT2D eigenvalue weighted by Crippen LogP contribution is 2.28. The third-order valence-electron chi connectivity index (χ3n) is 2.69. The topological polar surface area (TPSA) is 38.0 Å². The Morgan fingerprint density at radius 3 is 2.42 bits per heavy atom. The Hall–Kier alpha value is -0.910. The zero-order valence-corrected chi connectivity index (χ0v) is 14.2. The molecule has 0 atom stereocenters. The third kappa shape index (κ3) is 3.55. The molecule has 0 unspecified atom stereocenters. The number of thiocarbonyl (C=S) groups is 1. The standard InChI is InChI=1S/C14H12Br2N2S/c1-8-6-10(3-4-11(8)15)18-13-5-2-9(14(17)19)7-12(13)16/h2-7,18H,1H3,(H2,17,19). The van der Waals surface area contributed by atoms with Gasteiger partial charge in [-0.05, 0) is 64.8 Å². The van der Waals surface area contributed by atoms with Crippen LogP contribution in [0.3, 0.4) is 0 Å². The molecule has 0 bridgehead atoms. The van der Waals surface area contributed by atoms with Gasteiger partial charge >= 0.3 is 0 Å². The maximum absolute atomic E-state index is 5.61. The summed E-state index contributed by atoms with van der Waals surface area (Å²) in [5.74, 6) is 0.